The molecule has 0 aliphatic carbocycles. The maximum atomic E-state index is 13.1. The molecule has 0 saturated heterocycles. The molecule has 0 bridgehead atoms. The zero-order valence-corrected chi connectivity index (χ0v) is 22.0. The first kappa shape index (κ1) is 25.5. The fraction of sp³-hybridized carbons (Fsp3) is 0.310. The third kappa shape index (κ3) is 5.02. The molecule has 2 atom stereocenters. The number of benzene rings is 2. The van der Waals surface area contributed by atoms with E-state index >= 15 is 0 Å². The second-order valence-electron chi connectivity index (χ2n) is 8.61. The Kier molecular flexibility index (Phi) is 7.79. The predicted octanol–water partition coefficient (Wildman–Crippen LogP) is 6.36. The molecule has 1 aromatic heterocycles. The predicted molar refractivity (Wildman–Crippen MR) is 143 cm³/mol. The molecule has 1 aliphatic rings. The average Bonchev–Trinajstić information content (AvgIpc) is 3.26. The SMILES string of the molecule is CCOC(=O)C1=C(C)N=C(C)C(C(=O)OCC)C1c1cccc(-c2nc(C)c(-c3ccccc3)s2)c1. The van der Waals surface area contributed by atoms with Crippen molar-refractivity contribution in [2.24, 2.45) is 10.9 Å². The number of allylic oxidation sites excluding steroid dienone is 1. The maximum Gasteiger partial charge on any atom is 0.336 e. The number of esters is 2. The van der Waals surface area contributed by atoms with E-state index in [2.05, 4.69) is 17.1 Å². The lowest BCUT2D eigenvalue weighted by Gasteiger charge is -2.31. The smallest absolute Gasteiger partial charge is 0.336 e. The number of aliphatic imine (C=N–C) groups is 1. The van der Waals surface area contributed by atoms with Crippen molar-refractivity contribution >= 4 is 29.0 Å². The summed E-state index contributed by atoms with van der Waals surface area (Å²) in [7, 11) is 0. The van der Waals surface area contributed by atoms with Crippen LogP contribution in [-0.4, -0.2) is 35.8 Å². The van der Waals surface area contributed by atoms with Crippen LogP contribution in [0.15, 0.2) is 70.9 Å². The van der Waals surface area contributed by atoms with Crippen LogP contribution in [-0.2, 0) is 19.1 Å². The molecule has 2 unspecified atom stereocenters. The van der Waals surface area contributed by atoms with Gasteiger partial charge in [0, 0.05) is 22.9 Å². The largest absolute Gasteiger partial charge is 0.465 e. The summed E-state index contributed by atoms with van der Waals surface area (Å²) in [5.41, 5.74) is 5.38. The molecule has 0 saturated carbocycles. The number of nitrogens with zero attached hydrogens (tertiary/aromatic N) is 2. The highest BCUT2D eigenvalue weighted by Gasteiger charge is 2.42. The molecule has 0 fully saturated rings. The fourth-order valence-electron chi connectivity index (χ4n) is 4.65. The van der Waals surface area contributed by atoms with Crippen molar-refractivity contribution in [2.75, 3.05) is 13.2 Å². The molecule has 186 valence electrons. The number of aryl methyl sites for hydroxylation is 1. The molecule has 4 rings (SSSR count). The summed E-state index contributed by atoms with van der Waals surface area (Å²) in [6, 6.07) is 18.1. The molecule has 2 heterocycles. The van der Waals surface area contributed by atoms with E-state index in [1.54, 1.807) is 39.0 Å². The highest BCUT2D eigenvalue weighted by Crippen LogP contribution is 2.42. The van der Waals surface area contributed by atoms with Crippen molar-refractivity contribution in [3.05, 3.63) is 77.1 Å². The molecule has 36 heavy (non-hydrogen) atoms. The molecule has 0 amide bonds. The van der Waals surface area contributed by atoms with Crippen molar-refractivity contribution in [3.63, 3.8) is 0 Å². The molecule has 7 heteroatoms. The Morgan fingerprint density at radius 2 is 1.61 bits per heavy atom. The van der Waals surface area contributed by atoms with Crippen LogP contribution in [0.2, 0.25) is 0 Å². The second kappa shape index (κ2) is 11.0. The number of ether oxygens (including phenoxy) is 2. The van der Waals surface area contributed by atoms with Crippen LogP contribution in [0.5, 0.6) is 0 Å². The Bertz CT molecular complexity index is 1340. The van der Waals surface area contributed by atoms with Crippen molar-refractivity contribution in [3.8, 4) is 21.0 Å². The third-order valence-electron chi connectivity index (χ3n) is 6.19. The summed E-state index contributed by atoms with van der Waals surface area (Å²) in [5, 5.41) is 0.875. The summed E-state index contributed by atoms with van der Waals surface area (Å²) in [6.07, 6.45) is 0. The molecule has 1 aliphatic heterocycles. The molecule has 2 aromatic carbocycles. The van der Waals surface area contributed by atoms with Crippen molar-refractivity contribution in [1.29, 1.82) is 0 Å². The Morgan fingerprint density at radius 1 is 0.917 bits per heavy atom. The van der Waals surface area contributed by atoms with Gasteiger partial charge in [0.1, 0.15) is 10.9 Å². The van der Waals surface area contributed by atoms with Crippen molar-refractivity contribution < 1.29 is 19.1 Å². The van der Waals surface area contributed by atoms with E-state index < -0.39 is 23.8 Å². The van der Waals surface area contributed by atoms with Gasteiger partial charge in [0.25, 0.3) is 0 Å². The summed E-state index contributed by atoms with van der Waals surface area (Å²) in [6.45, 7) is 9.60. The first-order chi connectivity index (χ1) is 17.3. The van der Waals surface area contributed by atoms with Gasteiger partial charge < -0.3 is 9.47 Å². The zero-order valence-electron chi connectivity index (χ0n) is 21.2. The summed E-state index contributed by atoms with van der Waals surface area (Å²) < 4.78 is 10.8. The van der Waals surface area contributed by atoms with Crippen LogP contribution >= 0.6 is 11.3 Å². The minimum atomic E-state index is -0.721. The topological polar surface area (TPSA) is 77.8 Å². The van der Waals surface area contributed by atoms with Crippen LogP contribution in [0.4, 0.5) is 0 Å². The van der Waals surface area contributed by atoms with Gasteiger partial charge >= 0.3 is 11.9 Å². The van der Waals surface area contributed by atoms with E-state index in [1.165, 1.54) is 0 Å². The molecule has 6 nitrogen and oxygen atoms in total. The molecular weight excluding hydrogens is 472 g/mol. The molecule has 0 spiro atoms. The summed E-state index contributed by atoms with van der Waals surface area (Å²) >= 11 is 1.62. The Hall–Kier alpha value is -3.58. The number of hydrogen-bond acceptors (Lipinski definition) is 7. The summed E-state index contributed by atoms with van der Waals surface area (Å²) in [4.78, 5) is 36.7. The quantitative estimate of drug-likeness (QED) is 0.351. The highest BCUT2D eigenvalue weighted by atomic mass is 32.1. The van der Waals surface area contributed by atoms with E-state index in [4.69, 9.17) is 14.5 Å². The normalized spacial score (nSPS) is 17.5. The van der Waals surface area contributed by atoms with E-state index in [1.807, 2.05) is 49.4 Å². The first-order valence-electron chi connectivity index (χ1n) is 12.1. The van der Waals surface area contributed by atoms with Gasteiger partial charge in [0.15, 0.2) is 0 Å². The summed E-state index contributed by atoms with van der Waals surface area (Å²) in [5.74, 6) is -2.16. The van der Waals surface area contributed by atoms with Gasteiger partial charge in [-0.1, -0.05) is 48.5 Å². The average molecular weight is 503 g/mol. The van der Waals surface area contributed by atoms with Crippen LogP contribution in [0.1, 0.15) is 44.9 Å². The van der Waals surface area contributed by atoms with Crippen LogP contribution in [0.25, 0.3) is 21.0 Å². The lowest BCUT2D eigenvalue weighted by Crippen LogP contribution is -2.36. The minimum absolute atomic E-state index is 0.232. The van der Waals surface area contributed by atoms with Gasteiger partial charge in [-0.3, -0.25) is 9.79 Å². The van der Waals surface area contributed by atoms with Crippen LogP contribution in [0, 0.1) is 12.8 Å². The fourth-order valence-corrected chi connectivity index (χ4v) is 5.72. The number of rotatable bonds is 7. The highest BCUT2D eigenvalue weighted by molar-refractivity contribution is 7.18. The molecule has 0 radical (unpaired) electrons. The Labute approximate surface area is 215 Å². The van der Waals surface area contributed by atoms with Gasteiger partial charge in [0.2, 0.25) is 0 Å². The molecule has 3 aromatic rings. The number of aromatic nitrogens is 1. The standard InChI is InChI=1S/C29H30N2O4S/c1-6-34-28(32)23-17(3)30-18(4)24(29(33)35-7-2)25(23)21-14-11-15-22(16-21)27-31-19(5)26(36-27)20-12-9-8-10-13-20/h8-16,23,25H,6-7H2,1-5H3. The first-order valence-corrected chi connectivity index (χ1v) is 12.9. The van der Waals surface area contributed by atoms with Crippen LogP contribution in [0.3, 0.4) is 0 Å². The Balaban J connectivity index is 1.82. The molecule has 0 N–H and O–H groups in total. The van der Waals surface area contributed by atoms with E-state index in [-0.39, 0.29) is 13.2 Å². The van der Waals surface area contributed by atoms with Gasteiger partial charge in [-0.2, -0.15) is 0 Å². The van der Waals surface area contributed by atoms with Gasteiger partial charge in [-0.25, -0.2) is 9.78 Å². The lowest BCUT2D eigenvalue weighted by molar-refractivity contribution is -0.146. The number of carbonyl (C=O) groups excluding carboxylic acids is 2. The number of carbonyl (C=O) groups is 2. The van der Waals surface area contributed by atoms with Crippen molar-refractivity contribution in [1.82, 2.24) is 4.98 Å². The van der Waals surface area contributed by atoms with Gasteiger partial charge in [0.05, 0.1) is 29.4 Å². The maximum absolute atomic E-state index is 13.1. The second-order valence-corrected chi connectivity index (χ2v) is 9.60. The number of thiazole rings is 1. The minimum Gasteiger partial charge on any atom is -0.465 e. The monoisotopic (exact) mass is 502 g/mol. The van der Waals surface area contributed by atoms with Gasteiger partial charge in [-0.05, 0) is 51.8 Å². The van der Waals surface area contributed by atoms with Crippen LogP contribution < -0.4 is 0 Å². The zero-order chi connectivity index (χ0) is 25.8. The van der Waals surface area contributed by atoms with E-state index in [9.17, 15) is 9.59 Å². The van der Waals surface area contributed by atoms with E-state index in [0.717, 1.165) is 32.3 Å². The third-order valence-corrected chi connectivity index (χ3v) is 7.44. The van der Waals surface area contributed by atoms with Gasteiger partial charge in [-0.15, -0.1) is 11.3 Å². The van der Waals surface area contributed by atoms with E-state index in [0.29, 0.717) is 17.0 Å². The number of hydrogen-bond donors (Lipinski definition) is 0. The lowest BCUT2D eigenvalue weighted by atomic mass is 9.75. The molecular formula is C29H30N2O4S. The van der Waals surface area contributed by atoms with Crippen molar-refractivity contribution in [2.45, 2.75) is 40.5 Å². The Morgan fingerprint density at radius 3 is 2.31 bits per heavy atom.